The molecule has 0 aliphatic carbocycles. The largest absolute Gasteiger partial charge is 0.344 e. The van der Waals surface area contributed by atoms with Crippen molar-refractivity contribution in [3.63, 3.8) is 0 Å². The van der Waals surface area contributed by atoms with Crippen molar-refractivity contribution >= 4 is 11.4 Å². The summed E-state index contributed by atoms with van der Waals surface area (Å²) in [6.45, 7) is 4.94. The zero-order valence-electron chi connectivity index (χ0n) is 12.0. The molecule has 0 aliphatic rings. The Bertz CT molecular complexity index is 561. The average Bonchev–Trinajstić information content (AvgIpc) is 2.39. The summed E-state index contributed by atoms with van der Waals surface area (Å²) in [5, 5.41) is 0. The highest BCUT2D eigenvalue weighted by Gasteiger charge is 2.10. The molecule has 2 N–H and O–H groups in total. The van der Waals surface area contributed by atoms with Crippen molar-refractivity contribution in [2.24, 2.45) is 5.73 Å². The van der Waals surface area contributed by atoms with E-state index in [-0.39, 0.29) is 0 Å². The van der Waals surface area contributed by atoms with Gasteiger partial charge in [-0.3, -0.25) is 0 Å². The smallest absolute Gasteiger partial charge is 0.0441 e. The predicted octanol–water partition coefficient (Wildman–Crippen LogP) is 3.57. The van der Waals surface area contributed by atoms with Crippen molar-refractivity contribution in [3.8, 4) is 0 Å². The quantitative estimate of drug-likeness (QED) is 0.903. The molecule has 0 aliphatic heterocycles. The summed E-state index contributed by atoms with van der Waals surface area (Å²) in [6.07, 6.45) is 0.910. The normalized spacial score (nSPS) is 10.5. The van der Waals surface area contributed by atoms with E-state index in [1.54, 1.807) is 0 Å². The molecule has 2 heteroatoms. The molecule has 0 aromatic heterocycles. The molecule has 0 saturated carbocycles. The van der Waals surface area contributed by atoms with Gasteiger partial charge in [0.05, 0.1) is 0 Å². The van der Waals surface area contributed by atoms with Crippen LogP contribution >= 0.6 is 0 Å². The number of nitrogens with two attached hydrogens (primary N) is 1. The Morgan fingerprint density at radius 1 is 1.00 bits per heavy atom. The number of anilines is 2. The number of para-hydroxylation sites is 1. The highest BCUT2D eigenvalue weighted by molar-refractivity contribution is 5.68. The Labute approximate surface area is 115 Å². The van der Waals surface area contributed by atoms with Gasteiger partial charge in [-0.05, 0) is 50.1 Å². The third-order valence-electron chi connectivity index (χ3n) is 3.49. The SMILES string of the molecule is Cc1ccc(N(C)c2ccccc2C)c(CCN)c1. The van der Waals surface area contributed by atoms with Crippen LogP contribution in [0.2, 0.25) is 0 Å². The first-order valence-corrected chi connectivity index (χ1v) is 6.72. The Kier molecular flexibility index (Phi) is 4.23. The Morgan fingerprint density at radius 3 is 2.42 bits per heavy atom. The lowest BCUT2D eigenvalue weighted by molar-refractivity contribution is 0.958. The molecule has 2 aromatic rings. The first kappa shape index (κ1) is 13.6. The maximum absolute atomic E-state index is 5.73. The molecule has 0 unspecified atom stereocenters. The molecule has 100 valence electrons. The van der Waals surface area contributed by atoms with Crippen molar-refractivity contribution in [3.05, 3.63) is 59.2 Å². The van der Waals surface area contributed by atoms with Crippen LogP contribution in [0.1, 0.15) is 16.7 Å². The van der Waals surface area contributed by atoms with E-state index >= 15 is 0 Å². The standard InChI is InChI=1S/C17H22N2/c1-13-8-9-17(15(12-13)10-11-18)19(3)16-7-5-4-6-14(16)2/h4-9,12H,10-11,18H2,1-3H3. The lowest BCUT2D eigenvalue weighted by Gasteiger charge is -2.24. The summed E-state index contributed by atoms with van der Waals surface area (Å²) in [5.74, 6) is 0. The number of benzene rings is 2. The summed E-state index contributed by atoms with van der Waals surface area (Å²) >= 11 is 0. The van der Waals surface area contributed by atoms with Crippen LogP contribution in [-0.2, 0) is 6.42 Å². The fourth-order valence-corrected chi connectivity index (χ4v) is 2.47. The third kappa shape index (κ3) is 2.96. The first-order chi connectivity index (χ1) is 9.13. The number of nitrogens with zero attached hydrogens (tertiary/aromatic N) is 1. The van der Waals surface area contributed by atoms with Crippen molar-refractivity contribution < 1.29 is 0 Å². The van der Waals surface area contributed by atoms with E-state index < -0.39 is 0 Å². The topological polar surface area (TPSA) is 29.3 Å². The maximum Gasteiger partial charge on any atom is 0.0441 e. The number of hydrogen-bond donors (Lipinski definition) is 1. The Morgan fingerprint density at radius 2 is 1.74 bits per heavy atom. The van der Waals surface area contributed by atoms with Gasteiger partial charge in [0, 0.05) is 18.4 Å². The minimum Gasteiger partial charge on any atom is -0.344 e. The van der Waals surface area contributed by atoms with Gasteiger partial charge in [-0.15, -0.1) is 0 Å². The molecule has 0 bridgehead atoms. The van der Waals surface area contributed by atoms with Crippen LogP contribution in [0.5, 0.6) is 0 Å². The van der Waals surface area contributed by atoms with Crippen LogP contribution in [0.4, 0.5) is 11.4 Å². The van der Waals surface area contributed by atoms with Gasteiger partial charge < -0.3 is 10.6 Å². The Balaban J connectivity index is 2.43. The van der Waals surface area contributed by atoms with Crippen LogP contribution in [0, 0.1) is 13.8 Å². The van der Waals surface area contributed by atoms with Gasteiger partial charge >= 0.3 is 0 Å². The maximum atomic E-state index is 5.73. The van der Waals surface area contributed by atoms with Crippen LogP contribution < -0.4 is 10.6 Å². The van der Waals surface area contributed by atoms with Gasteiger partial charge in [-0.25, -0.2) is 0 Å². The number of rotatable bonds is 4. The van der Waals surface area contributed by atoms with E-state index in [9.17, 15) is 0 Å². The highest BCUT2D eigenvalue weighted by Crippen LogP contribution is 2.30. The lowest BCUT2D eigenvalue weighted by Crippen LogP contribution is -2.14. The molecule has 0 fully saturated rings. The van der Waals surface area contributed by atoms with Crippen LogP contribution in [-0.4, -0.2) is 13.6 Å². The monoisotopic (exact) mass is 254 g/mol. The summed E-state index contributed by atoms with van der Waals surface area (Å²) in [5.41, 5.74) is 12.1. The molecular formula is C17H22N2. The minimum absolute atomic E-state index is 0.679. The molecule has 0 amide bonds. The first-order valence-electron chi connectivity index (χ1n) is 6.72. The molecular weight excluding hydrogens is 232 g/mol. The van der Waals surface area contributed by atoms with Crippen LogP contribution in [0.3, 0.4) is 0 Å². The van der Waals surface area contributed by atoms with Crippen molar-refractivity contribution in [1.29, 1.82) is 0 Å². The third-order valence-corrected chi connectivity index (χ3v) is 3.49. The van der Waals surface area contributed by atoms with Crippen molar-refractivity contribution in [2.45, 2.75) is 20.3 Å². The molecule has 19 heavy (non-hydrogen) atoms. The van der Waals surface area contributed by atoms with Gasteiger partial charge in [-0.2, -0.15) is 0 Å². The second kappa shape index (κ2) is 5.89. The van der Waals surface area contributed by atoms with Gasteiger partial charge in [-0.1, -0.05) is 35.9 Å². The molecule has 0 radical (unpaired) electrons. The van der Waals surface area contributed by atoms with Crippen LogP contribution in [0.15, 0.2) is 42.5 Å². The van der Waals surface area contributed by atoms with E-state index in [1.165, 1.54) is 28.1 Å². The molecule has 0 saturated heterocycles. The van der Waals surface area contributed by atoms with Gasteiger partial charge in [0.2, 0.25) is 0 Å². The molecule has 0 heterocycles. The van der Waals surface area contributed by atoms with E-state index in [1.807, 2.05) is 0 Å². The average molecular weight is 254 g/mol. The summed E-state index contributed by atoms with van der Waals surface area (Å²) in [4.78, 5) is 2.25. The molecule has 2 nitrogen and oxygen atoms in total. The summed E-state index contributed by atoms with van der Waals surface area (Å²) in [6, 6.07) is 15.0. The van der Waals surface area contributed by atoms with Crippen molar-refractivity contribution in [2.75, 3.05) is 18.5 Å². The fraction of sp³-hybridized carbons (Fsp3) is 0.294. The molecule has 0 atom stereocenters. The van der Waals surface area contributed by atoms with E-state index in [0.717, 1.165) is 6.42 Å². The number of hydrogen-bond acceptors (Lipinski definition) is 2. The summed E-state index contributed by atoms with van der Waals surface area (Å²) < 4.78 is 0. The van der Waals surface area contributed by atoms with Gasteiger partial charge in [0.15, 0.2) is 0 Å². The molecule has 0 spiro atoms. The second-order valence-corrected chi connectivity index (χ2v) is 5.02. The zero-order valence-corrected chi connectivity index (χ0v) is 12.0. The molecule has 2 rings (SSSR count). The van der Waals surface area contributed by atoms with E-state index in [0.29, 0.717) is 6.54 Å². The van der Waals surface area contributed by atoms with E-state index in [4.69, 9.17) is 5.73 Å². The second-order valence-electron chi connectivity index (χ2n) is 5.02. The Hall–Kier alpha value is -1.80. The van der Waals surface area contributed by atoms with Crippen molar-refractivity contribution in [1.82, 2.24) is 0 Å². The lowest BCUT2D eigenvalue weighted by atomic mass is 10.0. The zero-order chi connectivity index (χ0) is 13.8. The predicted molar refractivity (Wildman–Crippen MR) is 83.2 cm³/mol. The molecule has 2 aromatic carbocycles. The summed E-state index contributed by atoms with van der Waals surface area (Å²) in [7, 11) is 2.12. The fourth-order valence-electron chi connectivity index (χ4n) is 2.47. The van der Waals surface area contributed by atoms with Crippen LogP contribution in [0.25, 0.3) is 0 Å². The minimum atomic E-state index is 0.679. The van der Waals surface area contributed by atoms with E-state index in [2.05, 4.69) is 68.3 Å². The highest BCUT2D eigenvalue weighted by atomic mass is 15.1. The number of aryl methyl sites for hydroxylation is 2. The van der Waals surface area contributed by atoms with Gasteiger partial charge in [0.1, 0.15) is 0 Å². The van der Waals surface area contributed by atoms with Gasteiger partial charge in [0.25, 0.3) is 0 Å².